The molecule has 0 rings (SSSR count). The summed E-state index contributed by atoms with van der Waals surface area (Å²) in [4.78, 5) is 31.5. The number of hydrogen-bond donors (Lipinski definition) is 0. The summed E-state index contributed by atoms with van der Waals surface area (Å²) in [5.41, 5.74) is -0.700. The molecule has 0 aromatic carbocycles. The van der Waals surface area contributed by atoms with Crippen LogP contribution in [-0.2, 0) is 34.4 Å². The molecule has 0 saturated carbocycles. The third kappa shape index (κ3) is 8.16. The zero-order valence-corrected chi connectivity index (χ0v) is 14.4. The summed E-state index contributed by atoms with van der Waals surface area (Å²) in [5, 5.41) is 12.0. The Morgan fingerprint density at radius 1 is 0.773 bits per heavy atom. The van der Waals surface area contributed by atoms with Crippen LogP contribution >= 0.6 is 0 Å². The Kier molecular flexibility index (Phi) is 7.78. The molecule has 0 radical (unpaired) electrons. The first-order valence-electron chi connectivity index (χ1n) is 6.94. The highest BCUT2D eigenvalue weighted by Gasteiger charge is 2.42. The van der Waals surface area contributed by atoms with Crippen LogP contribution in [0.1, 0.15) is 55.4 Å². The van der Waals surface area contributed by atoms with Crippen molar-refractivity contribution in [2.75, 3.05) is 0 Å². The van der Waals surface area contributed by atoms with Crippen molar-refractivity contribution >= 4 is 12.1 Å². The molecule has 8 nitrogen and oxygen atoms in total. The average molecular weight is 322 g/mol. The van der Waals surface area contributed by atoms with E-state index in [1.54, 1.807) is 13.8 Å². The van der Waals surface area contributed by atoms with Gasteiger partial charge in [-0.1, -0.05) is 41.5 Å². The largest absolute Gasteiger partial charge is 0.542 e. The zero-order valence-electron chi connectivity index (χ0n) is 14.4. The van der Waals surface area contributed by atoms with Gasteiger partial charge in [0.15, 0.2) is 0 Å². The molecule has 22 heavy (non-hydrogen) atoms. The smallest absolute Gasteiger partial charge is 0.430 e. The normalized spacial score (nSPS) is 12.5. The molecule has 0 bridgehead atoms. The number of hydrogen-bond acceptors (Lipinski definition) is 8. The van der Waals surface area contributed by atoms with Crippen LogP contribution in [0.4, 0.5) is 4.79 Å². The molecule has 0 aliphatic rings. The fourth-order valence-corrected chi connectivity index (χ4v) is 2.37. The molecule has 0 heterocycles. The molecule has 8 heteroatoms. The van der Waals surface area contributed by atoms with Gasteiger partial charge in [0.05, 0.1) is 12.0 Å². The summed E-state index contributed by atoms with van der Waals surface area (Å²) in [6, 6.07) is 0. The molecule has 0 N–H and O–H groups in total. The first kappa shape index (κ1) is 20.6. The molecule has 0 fully saturated rings. The van der Waals surface area contributed by atoms with Crippen LogP contribution in [0.15, 0.2) is 0 Å². The molecule has 0 unspecified atom stereocenters. The van der Waals surface area contributed by atoms with Crippen LogP contribution in [0.3, 0.4) is 0 Å². The van der Waals surface area contributed by atoms with E-state index in [2.05, 4.69) is 29.6 Å². The molecule has 0 saturated heterocycles. The Morgan fingerprint density at radius 3 is 1.64 bits per heavy atom. The van der Waals surface area contributed by atoms with Gasteiger partial charge in [0.25, 0.3) is 0 Å². The van der Waals surface area contributed by atoms with Gasteiger partial charge in [-0.3, -0.25) is 4.89 Å². The SMILES string of the molecule is CC(C)OC(=O)OOOOOC(=O)C(C(C)(C)C)C(C)(C)C. The van der Waals surface area contributed by atoms with E-state index in [9.17, 15) is 9.59 Å². The summed E-state index contributed by atoms with van der Waals surface area (Å²) >= 11 is 0. The summed E-state index contributed by atoms with van der Waals surface area (Å²) in [6.07, 6.45) is -1.50. The van der Waals surface area contributed by atoms with Gasteiger partial charge in [-0.05, 0) is 24.7 Å². The highest BCUT2D eigenvalue weighted by molar-refractivity contribution is 5.73. The summed E-state index contributed by atoms with van der Waals surface area (Å²) < 4.78 is 4.58. The molecule has 0 atom stereocenters. The van der Waals surface area contributed by atoms with E-state index in [4.69, 9.17) is 0 Å². The minimum atomic E-state index is -1.12. The van der Waals surface area contributed by atoms with E-state index in [1.165, 1.54) is 0 Å². The van der Waals surface area contributed by atoms with Gasteiger partial charge in [-0.15, -0.1) is 0 Å². The monoisotopic (exact) mass is 322 g/mol. The lowest BCUT2D eigenvalue weighted by molar-refractivity contribution is -0.687. The van der Waals surface area contributed by atoms with Crippen molar-refractivity contribution in [2.45, 2.75) is 61.5 Å². The summed E-state index contributed by atoms with van der Waals surface area (Å²) in [6.45, 7) is 14.7. The Hall–Kier alpha value is -1.38. The van der Waals surface area contributed by atoms with Gasteiger partial charge in [-0.25, -0.2) is 14.5 Å². The number of ether oxygens (including phenoxy) is 1. The summed E-state index contributed by atoms with van der Waals surface area (Å²) in [7, 11) is 0. The second kappa shape index (κ2) is 8.30. The van der Waals surface area contributed by atoms with Gasteiger partial charge in [-0.2, -0.15) is 0 Å². The summed E-state index contributed by atoms with van der Waals surface area (Å²) in [5.74, 6) is -1.09. The Balaban J connectivity index is 4.20. The van der Waals surface area contributed by atoms with Crippen molar-refractivity contribution in [3.8, 4) is 0 Å². The Labute approximate surface area is 130 Å². The molecule has 0 aliphatic heterocycles. The van der Waals surface area contributed by atoms with Crippen molar-refractivity contribution in [1.29, 1.82) is 0 Å². The second-order valence-electron chi connectivity index (χ2n) is 7.27. The Morgan fingerprint density at radius 2 is 1.23 bits per heavy atom. The van der Waals surface area contributed by atoms with Crippen molar-refractivity contribution < 1.29 is 39.2 Å². The molecular weight excluding hydrogens is 296 g/mol. The minimum Gasteiger partial charge on any atom is -0.430 e. The van der Waals surface area contributed by atoms with E-state index in [0.717, 1.165) is 0 Å². The van der Waals surface area contributed by atoms with Crippen LogP contribution in [0.5, 0.6) is 0 Å². The van der Waals surface area contributed by atoms with Crippen LogP contribution in [0, 0.1) is 16.7 Å². The van der Waals surface area contributed by atoms with Gasteiger partial charge in [0, 0.05) is 15.1 Å². The van der Waals surface area contributed by atoms with Gasteiger partial charge in [0.2, 0.25) is 0 Å². The van der Waals surface area contributed by atoms with Gasteiger partial charge < -0.3 is 4.74 Å². The third-order valence-corrected chi connectivity index (χ3v) is 2.57. The highest BCUT2D eigenvalue weighted by Crippen LogP contribution is 2.40. The maximum atomic E-state index is 12.1. The lowest BCUT2D eigenvalue weighted by Crippen LogP contribution is -2.40. The highest BCUT2D eigenvalue weighted by atomic mass is 17.8. The van der Waals surface area contributed by atoms with Gasteiger partial charge >= 0.3 is 12.1 Å². The lowest BCUT2D eigenvalue weighted by atomic mass is 9.67. The Bertz CT molecular complexity index is 350. The molecule has 0 amide bonds. The molecule has 130 valence electrons. The number of carbonyl (C=O) groups is 2. The van der Waals surface area contributed by atoms with E-state index < -0.39 is 18.0 Å². The average Bonchev–Trinajstić information content (AvgIpc) is 2.22. The molecule has 0 aromatic heterocycles. The predicted molar refractivity (Wildman–Crippen MR) is 74.4 cm³/mol. The molecule has 0 spiro atoms. The number of carbonyl (C=O) groups excluding carboxylic acids is 2. The van der Waals surface area contributed by atoms with Crippen LogP contribution in [-0.4, -0.2) is 18.2 Å². The van der Waals surface area contributed by atoms with Crippen molar-refractivity contribution in [1.82, 2.24) is 0 Å². The topological polar surface area (TPSA) is 89.5 Å². The van der Waals surface area contributed by atoms with Gasteiger partial charge in [0.1, 0.15) is 0 Å². The maximum absolute atomic E-state index is 12.1. The van der Waals surface area contributed by atoms with Crippen LogP contribution in [0.2, 0.25) is 0 Å². The standard InChI is InChI=1S/C14H26O8/c1-9(2)17-12(16)19-21-22-20-18-11(15)10(13(3,4)5)14(6,7)8/h9-10H,1-8H3. The second-order valence-corrected chi connectivity index (χ2v) is 7.27. The molecule has 0 aromatic rings. The molecular formula is C14H26O8. The fraction of sp³-hybridized carbons (Fsp3) is 0.857. The quantitative estimate of drug-likeness (QED) is 0.317. The van der Waals surface area contributed by atoms with Crippen LogP contribution < -0.4 is 0 Å². The van der Waals surface area contributed by atoms with E-state index in [-0.39, 0.29) is 16.9 Å². The minimum absolute atomic E-state index is 0.350. The maximum Gasteiger partial charge on any atom is 0.542 e. The predicted octanol–water partition coefficient (Wildman–Crippen LogP) is 3.51. The van der Waals surface area contributed by atoms with Crippen molar-refractivity contribution in [2.24, 2.45) is 16.7 Å². The van der Waals surface area contributed by atoms with E-state index >= 15 is 0 Å². The fourth-order valence-electron chi connectivity index (χ4n) is 2.37. The molecule has 0 aliphatic carbocycles. The van der Waals surface area contributed by atoms with Crippen molar-refractivity contribution in [3.05, 3.63) is 0 Å². The van der Waals surface area contributed by atoms with E-state index in [1.807, 2.05) is 41.5 Å². The van der Waals surface area contributed by atoms with Crippen LogP contribution in [0.25, 0.3) is 0 Å². The van der Waals surface area contributed by atoms with Crippen molar-refractivity contribution in [3.63, 3.8) is 0 Å². The third-order valence-electron chi connectivity index (χ3n) is 2.57. The van der Waals surface area contributed by atoms with E-state index in [0.29, 0.717) is 0 Å². The zero-order chi connectivity index (χ0) is 17.6. The first-order valence-corrected chi connectivity index (χ1v) is 6.94. The lowest BCUT2D eigenvalue weighted by Gasteiger charge is -2.37. The number of rotatable bonds is 6. The first-order chi connectivity index (χ1) is 9.85.